The van der Waals surface area contributed by atoms with Gasteiger partial charge in [0.2, 0.25) is 0 Å². The standard InChI is InChI=1S/C30H26ClNO4/c31-28-16-18(12-13-26(28)29(33)34)19-14-20-6-5-7-21(15-19)32(20)30(35)36-17-27-24-10-3-1-8-22(24)23-9-2-4-11-25(23)27/h1-4,8-14,16,20-21,27H,5-7,15,17H2,(H,33,34). The monoisotopic (exact) mass is 499 g/mol. The highest BCUT2D eigenvalue weighted by atomic mass is 35.5. The quantitative estimate of drug-likeness (QED) is 0.419. The molecule has 6 heteroatoms. The van der Waals surface area contributed by atoms with Gasteiger partial charge in [0.05, 0.1) is 16.6 Å². The van der Waals surface area contributed by atoms with Crippen molar-refractivity contribution in [3.63, 3.8) is 0 Å². The molecule has 2 atom stereocenters. The molecule has 0 saturated carbocycles. The molecule has 1 amide bonds. The maximum absolute atomic E-state index is 13.4. The first-order valence-electron chi connectivity index (χ1n) is 12.4. The van der Waals surface area contributed by atoms with Crippen LogP contribution in [-0.4, -0.2) is 40.8 Å². The first kappa shape index (κ1) is 22.9. The highest BCUT2D eigenvalue weighted by Crippen LogP contribution is 2.45. The van der Waals surface area contributed by atoms with E-state index in [-0.39, 0.29) is 34.7 Å². The molecule has 3 aliphatic rings. The molecule has 2 heterocycles. The summed E-state index contributed by atoms with van der Waals surface area (Å²) in [5.41, 5.74) is 6.94. The summed E-state index contributed by atoms with van der Waals surface area (Å²) < 4.78 is 5.99. The van der Waals surface area contributed by atoms with Gasteiger partial charge >= 0.3 is 12.1 Å². The van der Waals surface area contributed by atoms with Crippen molar-refractivity contribution in [2.24, 2.45) is 0 Å². The molecule has 5 nitrogen and oxygen atoms in total. The van der Waals surface area contributed by atoms with E-state index in [0.29, 0.717) is 13.0 Å². The van der Waals surface area contributed by atoms with Crippen molar-refractivity contribution in [2.45, 2.75) is 43.7 Å². The second kappa shape index (κ2) is 9.14. The Morgan fingerprint density at radius 1 is 0.972 bits per heavy atom. The highest BCUT2D eigenvalue weighted by molar-refractivity contribution is 6.33. The number of hydrogen-bond acceptors (Lipinski definition) is 3. The third-order valence-electron chi connectivity index (χ3n) is 7.75. The number of carboxylic acids is 1. The number of hydrogen-bond donors (Lipinski definition) is 1. The minimum Gasteiger partial charge on any atom is -0.478 e. The van der Waals surface area contributed by atoms with Gasteiger partial charge in [0.15, 0.2) is 0 Å². The molecule has 0 spiro atoms. The van der Waals surface area contributed by atoms with E-state index < -0.39 is 5.97 Å². The number of benzene rings is 3. The summed E-state index contributed by atoms with van der Waals surface area (Å²) in [6.07, 6.45) is 5.42. The number of aromatic carboxylic acids is 1. The van der Waals surface area contributed by atoms with Crippen LogP contribution in [0.4, 0.5) is 4.79 Å². The number of carboxylic acid groups (broad SMARTS) is 1. The average Bonchev–Trinajstić information content (AvgIpc) is 3.20. The smallest absolute Gasteiger partial charge is 0.410 e. The van der Waals surface area contributed by atoms with Crippen LogP contribution in [0.5, 0.6) is 0 Å². The Morgan fingerprint density at radius 3 is 2.31 bits per heavy atom. The van der Waals surface area contributed by atoms with Crippen LogP contribution in [0.25, 0.3) is 16.7 Å². The zero-order chi connectivity index (χ0) is 24.8. The van der Waals surface area contributed by atoms with Crippen LogP contribution in [0.3, 0.4) is 0 Å². The zero-order valence-electron chi connectivity index (χ0n) is 19.7. The number of halogens is 1. The zero-order valence-corrected chi connectivity index (χ0v) is 20.4. The number of rotatable bonds is 4. The van der Waals surface area contributed by atoms with Crippen LogP contribution in [0, 0.1) is 0 Å². The summed E-state index contributed by atoms with van der Waals surface area (Å²) >= 11 is 6.23. The van der Waals surface area contributed by atoms with Gasteiger partial charge in [-0.05, 0) is 71.2 Å². The van der Waals surface area contributed by atoms with Crippen LogP contribution < -0.4 is 0 Å². The normalized spacial score (nSPS) is 20.4. The largest absolute Gasteiger partial charge is 0.478 e. The van der Waals surface area contributed by atoms with Crippen molar-refractivity contribution in [2.75, 3.05) is 6.61 Å². The Morgan fingerprint density at radius 2 is 1.67 bits per heavy atom. The molecule has 36 heavy (non-hydrogen) atoms. The topological polar surface area (TPSA) is 66.8 Å². The molecule has 1 aliphatic carbocycles. The van der Waals surface area contributed by atoms with Crippen molar-refractivity contribution >= 4 is 29.2 Å². The van der Waals surface area contributed by atoms with Crippen LogP contribution >= 0.6 is 11.6 Å². The summed E-state index contributed by atoms with van der Waals surface area (Å²) in [7, 11) is 0. The molecular weight excluding hydrogens is 474 g/mol. The Bertz CT molecular complexity index is 1350. The second-order valence-corrected chi connectivity index (χ2v) is 10.2. The van der Waals surface area contributed by atoms with E-state index in [4.69, 9.17) is 16.3 Å². The van der Waals surface area contributed by atoms with Gasteiger partial charge in [-0.25, -0.2) is 9.59 Å². The van der Waals surface area contributed by atoms with Crippen molar-refractivity contribution in [1.29, 1.82) is 0 Å². The van der Waals surface area contributed by atoms with E-state index in [1.807, 2.05) is 29.2 Å². The lowest BCUT2D eigenvalue weighted by Crippen LogP contribution is -2.51. The molecule has 3 aromatic rings. The third kappa shape index (κ3) is 3.88. The van der Waals surface area contributed by atoms with E-state index in [9.17, 15) is 14.7 Å². The van der Waals surface area contributed by atoms with Crippen molar-refractivity contribution < 1.29 is 19.4 Å². The Balaban J connectivity index is 1.21. The molecule has 182 valence electrons. The first-order chi connectivity index (χ1) is 17.5. The molecule has 0 aromatic heterocycles. The molecule has 2 unspecified atom stereocenters. The number of fused-ring (bicyclic) bond motifs is 5. The Labute approximate surface area is 215 Å². The SMILES string of the molecule is O=C(O)c1ccc(C2=CC3CCCC(C2)N3C(=O)OCC2c3ccccc3-c3ccccc32)cc1Cl. The van der Waals surface area contributed by atoms with E-state index in [0.717, 1.165) is 30.4 Å². The molecule has 1 saturated heterocycles. The minimum atomic E-state index is -1.04. The number of amides is 1. The average molecular weight is 500 g/mol. The van der Waals surface area contributed by atoms with E-state index in [1.54, 1.807) is 18.2 Å². The van der Waals surface area contributed by atoms with Gasteiger partial charge in [-0.2, -0.15) is 0 Å². The maximum atomic E-state index is 13.4. The molecule has 1 fully saturated rings. The van der Waals surface area contributed by atoms with Gasteiger partial charge in [-0.15, -0.1) is 0 Å². The van der Waals surface area contributed by atoms with Gasteiger partial charge in [-0.1, -0.05) is 72.3 Å². The second-order valence-electron chi connectivity index (χ2n) is 9.76. The molecule has 0 radical (unpaired) electrons. The summed E-state index contributed by atoms with van der Waals surface area (Å²) in [6.45, 7) is 0.311. The van der Waals surface area contributed by atoms with Crippen LogP contribution in [0.2, 0.25) is 5.02 Å². The minimum absolute atomic E-state index is 0.0342. The highest BCUT2D eigenvalue weighted by Gasteiger charge is 2.39. The molecule has 2 aliphatic heterocycles. The third-order valence-corrected chi connectivity index (χ3v) is 8.07. The summed E-state index contributed by atoms with van der Waals surface area (Å²) in [4.78, 5) is 26.6. The molecule has 1 N–H and O–H groups in total. The fourth-order valence-corrected chi connectivity index (χ4v) is 6.35. The summed E-state index contributed by atoms with van der Waals surface area (Å²) in [5, 5.41) is 9.50. The first-order valence-corrected chi connectivity index (χ1v) is 12.8. The fraction of sp³-hybridized carbons (Fsp3) is 0.267. The van der Waals surface area contributed by atoms with Gasteiger partial charge in [-0.3, -0.25) is 4.90 Å². The summed E-state index contributed by atoms with van der Waals surface area (Å²) in [5.74, 6) is -1.01. The lowest BCUT2D eigenvalue weighted by Gasteiger charge is -2.44. The molecule has 3 aromatic carbocycles. The molecular formula is C30H26ClNO4. The van der Waals surface area contributed by atoms with Crippen LogP contribution in [0.1, 0.15) is 58.6 Å². The van der Waals surface area contributed by atoms with E-state index >= 15 is 0 Å². The van der Waals surface area contributed by atoms with Crippen LogP contribution in [0.15, 0.2) is 72.8 Å². The van der Waals surface area contributed by atoms with Crippen molar-refractivity contribution in [3.8, 4) is 11.1 Å². The lowest BCUT2D eigenvalue weighted by molar-refractivity contribution is 0.0538. The molecule has 6 rings (SSSR count). The fourth-order valence-electron chi connectivity index (χ4n) is 6.09. The number of piperidine rings is 1. The lowest BCUT2D eigenvalue weighted by atomic mass is 9.83. The van der Waals surface area contributed by atoms with Crippen molar-refractivity contribution in [3.05, 3.63) is 100 Å². The summed E-state index contributed by atoms with van der Waals surface area (Å²) in [6, 6.07) is 21.8. The van der Waals surface area contributed by atoms with Crippen molar-refractivity contribution in [1.82, 2.24) is 4.90 Å². The molecule has 2 bridgehead atoms. The van der Waals surface area contributed by atoms with Gasteiger partial charge in [0, 0.05) is 12.0 Å². The van der Waals surface area contributed by atoms with E-state index in [2.05, 4.69) is 30.3 Å². The maximum Gasteiger partial charge on any atom is 0.410 e. The van der Waals surface area contributed by atoms with Gasteiger partial charge < -0.3 is 9.84 Å². The van der Waals surface area contributed by atoms with Gasteiger partial charge in [0.1, 0.15) is 6.61 Å². The predicted octanol–water partition coefficient (Wildman–Crippen LogP) is 7.00. The number of ether oxygens (including phenoxy) is 1. The predicted molar refractivity (Wildman–Crippen MR) is 139 cm³/mol. The number of carbonyl (C=O) groups is 2. The Hall–Kier alpha value is -3.57. The van der Waals surface area contributed by atoms with Gasteiger partial charge in [0.25, 0.3) is 0 Å². The Kier molecular flexibility index (Phi) is 5.81. The number of carbonyl (C=O) groups excluding carboxylic acids is 1. The van der Waals surface area contributed by atoms with E-state index in [1.165, 1.54) is 22.3 Å². The number of nitrogens with zero attached hydrogens (tertiary/aromatic N) is 1. The van der Waals surface area contributed by atoms with Crippen LogP contribution in [-0.2, 0) is 4.74 Å².